The number of carboxylic acids is 1. The molecular formula is C19H19NO3. The van der Waals surface area contributed by atoms with E-state index >= 15 is 0 Å². The molecule has 0 saturated carbocycles. The number of amides is 1. The first-order chi connectivity index (χ1) is 11.2. The van der Waals surface area contributed by atoms with Gasteiger partial charge in [0.25, 0.3) is 0 Å². The third-order valence-electron chi connectivity index (χ3n) is 4.34. The van der Waals surface area contributed by atoms with Gasteiger partial charge in [-0.1, -0.05) is 60.7 Å². The second-order valence-electron chi connectivity index (χ2n) is 5.82. The maximum absolute atomic E-state index is 12.8. The van der Waals surface area contributed by atoms with Crippen molar-refractivity contribution < 1.29 is 14.7 Å². The van der Waals surface area contributed by atoms with Crippen molar-refractivity contribution >= 4 is 11.9 Å². The van der Waals surface area contributed by atoms with E-state index in [0.717, 1.165) is 11.1 Å². The average Bonchev–Trinajstić information content (AvgIpc) is 3.02. The quantitative estimate of drug-likeness (QED) is 0.944. The third-order valence-corrected chi connectivity index (χ3v) is 4.34. The van der Waals surface area contributed by atoms with Gasteiger partial charge >= 0.3 is 5.97 Å². The Kier molecular flexibility index (Phi) is 4.42. The minimum Gasteiger partial charge on any atom is -0.480 e. The van der Waals surface area contributed by atoms with Crippen LogP contribution in [0.2, 0.25) is 0 Å². The summed E-state index contributed by atoms with van der Waals surface area (Å²) in [6, 6.07) is 18.2. The number of aliphatic carboxylic acids is 1. The summed E-state index contributed by atoms with van der Waals surface area (Å²) in [5, 5.41) is 9.47. The van der Waals surface area contributed by atoms with Gasteiger partial charge < -0.3 is 10.0 Å². The molecule has 4 heteroatoms. The van der Waals surface area contributed by atoms with Crippen LogP contribution in [0.5, 0.6) is 0 Å². The molecule has 2 atom stereocenters. The molecule has 0 unspecified atom stereocenters. The SMILES string of the molecule is O=C(O)[C@@H]1CC[C@H](c2ccccc2)N1C(=O)Cc1ccccc1. The molecule has 0 aliphatic carbocycles. The molecule has 2 aromatic carbocycles. The molecule has 1 aliphatic rings. The summed E-state index contributed by atoms with van der Waals surface area (Å²) in [4.78, 5) is 25.9. The molecule has 1 fully saturated rings. The molecule has 1 saturated heterocycles. The topological polar surface area (TPSA) is 57.6 Å². The third kappa shape index (κ3) is 3.26. The van der Waals surface area contributed by atoms with E-state index in [1.54, 1.807) is 4.90 Å². The highest BCUT2D eigenvalue weighted by Gasteiger charge is 2.41. The Morgan fingerprint density at radius 1 is 0.957 bits per heavy atom. The smallest absolute Gasteiger partial charge is 0.326 e. The molecule has 23 heavy (non-hydrogen) atoms. The minimum atomic E-state index is -0.926. The van der Waals surface area contributed by atoms with Crippen molar-refractivity contribution in [3.8, 4) is 0 Å². The van der Waals surface area contributed by atoms with Gasteiger partial charge in [0.2, 0.25) is 5.91 Å². The minimum absolute atomic E-state index is 0.130. The summed E-state index contributed by atoms with van der Waals surface area (Å²) in [5.41, 5.74) is 1.90. The molecule has 2 aromatic rings. The van der Waals surface area contributed by atoms with Crippen LogP contribution in [0.15, 0.2) is 60.7 Å². The number of hydrogen-bond acceptors (Lipinski definition) is 2. The Bertz CT molecular complexity index is 684. The van der Waals surface area contributed by atoms with E-state index in [1.165, 1.54) is 0 Å². The molecule has 1 amide bonds. The lowest BCUT2D eigenvalue weighted by atomic mass is 10.0. The van der Waals surface area contributed by atoms with E-state index in [2.05, 4.69) is 0 Å². The van der Waals surface area contributed by atoms with Crippen molar-refractivity contribution in [1.82, 2.24) is 4.90 Å². The van der Waals surface area contributed by atoms with Crippen LogP contribution in [0.4, 0.5) is 0 Å². The summed E-state index contributed by atoms with van der Waals surface area (Å²) < 4.78 is 0. The molecule has 0 bridgehead atoms. The van der Waals surface area contributed by atoms with Crippen molar-refractivity contribution in [3.05, 3.63) is 71.8 Å². The molecule has 1 heterocycles. The summed E-state index contributed by atoms with van der Waals surface area (Å²) in [6.07, 6.45) is 1.41. The standard InChI is InChI=1S/C19H19NO3/c21-18(13-14-7-3-1-4-8-14)20-16(11-12-17(20)19(22)23)15-9-5-2-6-10-15/h1-10,16-17H,11-13H2,(H,22,23)/t16-,17+/m1/s1. The van der Waals surface area contributed by atoms with E-state index in [9.17, 15) is 14.7 Å². The zero-order valence-corrected chi connectivity index (χ0v) is 12.8. The maximum atomic E-state index is 12.8. The number of rotatable bonds is 4. The van der Waals surface area contributed by atoms with Crippen LogP contribution >= 0.6 is 0 Å². The second kappa shape index (κ2) is 6.65. The van der Waals surface area contributed by atoms with Crippen LogP contribution in [-0.4, -0.2) is 27.9 Å². The fourth-order valence-corrected chi connectivity index (χ4v) is 3.27. The Balaban J connectivity index is 1.86. The zero-order valence-electron chi connectivity index (χ0n) is 12.8. The van der Waals surface area contributed by atoms with Gasteiger partial charge in [0, 0.05) is 0 Å². The predicted molar refractivity (Wildman–Crippen MR) is 86.8 cm³/mol. The van der Waals surface area contributed by atoms with E-state index in [4.69, 9.17) is 0 Å². The van der Waals surface area contributed by atoms with Crippen LogP contribution < -0.4 is 0 Å². The molecule has 4 nitrogen and oxygen atoms in total. The number of carbonyl (C=O) groups excluding carboxylic acids is 1. The molecule has 0 spiro atoms. The van der Waals surface area contributed by atoms with Crippen molar-refractivity contribution in [2.75, 3.05) is 0 Å². The number of benzene rings is 2. The van der Waals surface area contributed by atoms with Crippen molar-refractivity contribution in [1.29, 1.82) is 0 Å². The average molecular weight is 309 g/mol. The molecule has 118 valence electrons. The Morgan fingerprint density at radius 3 is 2.17 bits per heavy atom. The lowest BCUT2D eigenvalue weighted by Gasteiger charge is -2.29. The highest BCUT2D eigenvalue weighted by Crippen LogP contribution is 2.36. The van der Waals surface area contributed by atoms with Crippen LogP contribution in [0.25, 0.3) is 0 Å². The highest BCUT2D eigenvalue weighted by atomic mass is 16.4. The Hall–Kier alpha value is -2.62. The fraction of sp³-hybridized carbons (Fsp3) is 0.263. The molecule has 1 N–H and O–H groups in total. The fourth-order valence-electron chi connectivity index (χ4n) is 3.27. The summed E-state index contributed by atoms with van der Waals surface area (Å²) in [5.74, 6) is -1.06. The highest BCUT2D eigenvalue weighted by molar-refractivity contribution is 5.86. The Morgan fingerprint density at radius 2 is 1.57 bits per heavy atom. The van der Waals surface area contributed by atoms with E-state index in [0.29, 0.717) is 12.8 Å². The maximum Gasteiger partial charge on any atom is 0.326 e. The number of carboxylic acid groups (broad SMARTS) is 1. The van der Waals surface area contributed by atoms with Crippen LogP contribution in [0.1, 0.15) is 30.0 Å². The van der Waals surface area contributed by atoms with E-state index < -0.39 is 12.0 Å². The van der Waals surface area contributed by atoms with Crippen molar-refractivity contribution in [2.45, 2.75) is 31.3 Å². The molecule has 3 rings (SSSR count). The largest absolute Gasteiger partial charge is 0.480 e. The van der Waals surface area contributed by atoms with Gasteiger partial charge in [-0.25, -0.2) is 4.79 Å². The number of carbonyl (C=O) groups is 2. The van der Waals surface area contributed by atoms with Crippen molar-refractivity contribution in [3.63, 3.8) is 0 Å². The monoisotopic (exact) mass is 309 g/mol. The van der Waals surface area contributed by atoms with Crippen LogP contribution in [0.3, 0.4) is 0 Å². The molecule has 0 aromatic heterocycles. The lowest BCUT2D eigenvalue weighted by molar-refractivity contribution is -0.149. The predicted octanol–water partition coefficient (Wildman–Crippen LogP) is 3.05. The van der Waals surface area contributed by atoms with Crippen LogP contribution in [0, 0.1) is 0 Å². The first-order valence-electron chi connectivity index (χ1n) is 7.79. The van der Waals surface area contributed by atoms with Crippen molar-refractivity contribution in [2.24, 2.45) is 0 Å². The van der Waals surface area contributed by atoms with Gasteiger partial charge in [-0.05, 0) is 24.0 Å². The van der Waals surface area contributed by atoms with Gasteiger partial charge in [-0.2, -0.15) is 0 Å². The number of nitrogens with zero attached hydrogens (tertiary/aromatic N) is 1. The molecule has 1 aliphatic heterocycles. The molecule has 0 radical (unpaired) electrons. The van der Waals surface area contributed by atoms with E-state index in [1.807, 2.05) is 60.7 Å². The number of likely N-dealkylation sites (tertiary alicyclic amines) is 1. The first-order valence-corrected chi connectivity index (χ1v) is 7.79. The van der Waals surface area contributed by atoms with Gasteiger partial charge in [0.05, 0.1) is 12.5 Å². The van der Waals surface area contributed by atoms with Gasteiger partial charge in [0.15, 0.2) is 0 Å². The first kappa shape index (κ1) is 15.3. The normalized spacial score (nSPS) is 20.4. The van der Waals surface area contributed by atoms with Crippen LogP contribution in [-0.2, 0) is 16.0 Å². The molecular weight excluding hydrogens is 290 g/mol. The van der Waals surface area contributed by atoms with Gasteiger partial charge in [-0.15, -0.1) is 0 Å². The summed E-state index contributed by atoms with van der Waals surface area (Å²) in [7, 11) is 0. The van der Waals surface area contributed by atoms with E-state index in [-0.39, 0.29) is 18.4 Å². The lowest BCUT2D eigenvalue weighted by Crippen LogP contribution is -2.42. The summed E-state index contributed by atoms with van der Waals surface area (Å²) >= 11 is 0. The van der Waals surface area contributed by atoms with Gasteiger partial charge in [-0.3, -0.25) is 4.79 Å². The van der Waals surface area contributed by atoms with Gasteiger partial charge in [0.1, 0.15) is 6.04 Å². The summed E-state index contributed by atoms with van der Waals surface area (Å²) in [6.45, 7) is 0. The zero-order chi connectivity index (χ0) is 16.2. The Labute approximate surface area is 135 Å². The number of hydrogen-bond donors (Lipinski definition) is 1. The second-order valence-corrected chi connectivity index (χ2v) is 5.82.